The first-order chi connectivity index (χ1) is 36.5. The zero-order chi connectivity index (χ0) is 51.3. The molecule has 0 radical (unpaired) electrons. The molecule has 382 valence electrons. The lowest BCUT2D eigenvalue weighted by Gasteiger charge is -2.52. The topological polar surface area (TPSA) is 108 Å². The second-order valence-electron chi connectivity index (χ2n) is 23.5. The summed E-state index contributed by atoms with van der Waals surface area (Å²) in [6.45, 7) is 11.1. The van der Waals surface area contributed by atoms with E-state index in [0.29, 0.717) is 25.7 Å². The Kier molecular flexibility index (Phi) is 10.7. The smallest absolute Gasteiger partial charge is 0.162 e. The van der Waals surface area contributed by atoms with Crippen LogP contribution < -0.4 is 15.1 Å². The van der Waals surface area contributed by atoms with Gasteiger partial charge in [0, 0.05) is 64.4 Å². The number of fused-ring (bicyclic) bond motifs is 3. The van der Waals surface area contributed by atoms with Gasteiger partial charge in [-0.05, 0) is 134 Å². The van der Waals surface area contributed by atoms with Crippen molar-refractivity contribution in [1.82, 2.24) is 15.0 Å². The highest BCUT2D eigenvalue weighted by Crippen LogP contribution is 2.66. The van der Waals surface area contributed by atoms with Crippen LogP contribution in [0.3, 0.4) is 0 Å². The molecule has 0 amide bonds. The van der Waals surface area contributed by atoms with Crippen LogP contribution >= 0.6 is 34.0 Å². The Hall–Kier alpha value is -5.82. The molecule has 6 heterocycles. The maximum Gasteiger partial charge on any atom is 0.162 e. The van der Waals surface area contributed by atoms with E-state index < -0.39 is 16.2 Å². The molecule has 75 heavy (non-hydrogen) atoms. The minimum atomic E-state index is -0.714. The largest absolute Gasteiger partial charge is 0.342 e. The summed E-state index contributed by atoms with van der Waals surface area (Å²) >= 11 is 4.95. The maximum atomic E-state index is 15.3. The van der Waals surface area contributed by atoms with Crippen LogP contribution in [0.1, 0.15) is 169 Å². The first-order valence-corrected chi connectivity index (χ1v) is 30.4. The number of nitrogens with one attached hydrogen (secondary N) is 1. The van der Waals surface area contributed by atoms with E-state index in [2.05, 4.69) is 129 Å². The summed E-state index contributed by atoms with van der Waals surface area (Å²) in [5, 5.41) is 3.68. The van der Waals surface area contributed by atoms with Gasteiger partial charge in [0.25, 0.3) is 0 Å². The SMILES string of the molecule is CCC1(CC)CC(=O)C2=C(C1)Nc1ncsc1C2(CC)c1ccc(N2C3=C(C(=O)CC4(CC4)C3)C(CC)(c3ccc(N4C5=C(C(=O)CC6(CCC6)C5)C(CC)(c5ccccc5)c5scnc54)cc3)c3scnc32)cc1. The van der Waals surface area contributed by atoms with E-state index in [0.717, 1.165) is 171 Å². The van der Waals surface area contributed by atoms with Crippen LogP contribution in [0.25, 0.3) is 0 Å². The quantitative estimate of drug-likeness (QED) is 0.143. The number of ketones is 3. The number of Topliss-reactive ketones (excluding diaryl/α,β-unsaturated/α-hetero) is 3. The Balaban J connectivity index is 0.888. The lowest BCUT2D eigenvalue weighted by molar-refractivity contribution is -0.121. The minimum Gasteiger partial charge on any atom is -0.342 e. The average Bonchev–Trinajstić information content (AvgIpc) is 4.07. The van der Waals surface area contributed by atoms with Gasteiger partial charge in [0.2, 0.25) is 0 Å². The molecule has 8 aliphatic rings. The van der Waals surface area contributed by atoms with Crippen LogP contribution in [-0.4, -0.2) is 32.3 Å². The number of benzene rings is 3. The van der Waals surface area contributed by atoms with Crippen molar-refractivity contribution in [3.05, 3.63) is 161 Å². The molecule has 3 unspecified atom stereocenters. The Labute approximate surface area is 452 Å². The predicted octanol–water partition coefficient (Wildman–Crippen LogP) is 15.5. The molecular weight excluding hydrogens is 985 g/mol. The first kappa shape index (κ1) is 47.6. The summed E-state index contributed by atoms with van der Waals surface area (Å²) in [6, 6.07) is 28.6. The van der Waals surface area contributed by atoms with Crippen molar-refractivity contribution in [2.75, 3.05) is 15.1 Å². The molecule has 12 heteroatoms. The fourth-order valence-corrected chi connectivity index (χ4v) is 19.0. The zero-order valence-electron chi connectivity index (χ0n) is 43.7. The van der Waals surface area contributed by atoms with E-state index in [4.69, 9.17) is 15.0 Å². The van der Waals surface area contributed by atoms with Crippen LogP contribution in [0.4, 0.5) is 28.8 Å². The summed E-state index contributed by atoms with van der Waals surface area (Å²) < 4.78 is 0. The molecule has 14 rings (SSSR count). The van der Waals surface area contributed by atoms with Crippen LogP contribution in [-0.2, 0) is 30.6 Å². The number of hydrogen-bond acceptors (Lipinski definition) is 12. The molecule has 1 N–H and O–H groups in total. The van der Waals surface area contributed by atoms with Gasteiger partial charge in [0.05, 0.1) is 47.4 Å². The number of allylic oxidation sites excluding steroid dienone is 6. The van der Waals surface area contributed by atoms with Gasteiger partial charge in [-0.2, -0.15) is 0 Å². The van der Waals surface area contributed by atoms with E-state index in [9.17, 15) is 9.59 Å². The van der Waals surface area contributed by atoms with E-state index in [1.54, 1.807) is 34.0 Å². The van der Waals surface area contributed by atoms with Crippen LogP contribution in [0, 0.1) is 16.2 Å². The number of aromatic nitrogens is 3. The number of hydrogen-bond donors (Lipinski definition) is 1. The third-order valence-electron chi connectivity index (χ3n) is 20.3. The van der Waals surface area contributed by atoms with Crippen molar-refractivity contribution in [1.29, 1.82) is 0 Å². The van der Waals surface area contributed by atoms with E-state index in [1.807, 2.05) is 16.5 Å². The Morgan fingerprint density at radius 1 is 0.480 bits per heavy atom. The first-order valence-electron chi connectivity index (χ1n) is 27.7. The van der Waals surface area contributed by atoms with Crippen molar-refractivity contribution in [3.8, 4) is 0 Å². The Bertz CT molecular complexity index is 3480. The third-order valence-corrected chi connectivity index (χ3v) is 23.2. The molecule has 3 aliphatic heterocycles. The van der Waals surface area contributed by atoms with Gasteiger partial charge in [-0.1, -0.05) is 95.6 Å². The summed E-state index contributed by atoms with van der Waals surface area (Å²) in [7, 11) is 0. The summed E-state index contributed by atoms with van der Waals surface area (Å²) in [5.41, 5.74) is 15.1. The third kappa shape index (κ3) is 6.39. The highest BCUT2D eigenvalue weighted by Gasteiger charge is 2.59. The molecule has 5 aliphatic carbocycles. The second kappa shape index (κ2) is 16.8. The van der Waals surface area contributed by atoms with Crippen molar-refractivity contribution in [2.45, 2.75) is 154 Å². The number of anilines is 5. The monoisotopic (exact) mass is 1050 g/mol. The van der Waals surface area contributed by atoms with Gasteiger partial charge in [-0.25, -0.2) is 15.0 Å². The molecule has 3 aromatic heterocycles. The highest BCUT2D eigenvalue weighted by molar-refractivity contribution is 7.11. The Morgan fingerprint density at radius 2 is 0.933 bits per heavy atom. The molecule has 2 spiro atoms. The summed E-state index contributed by atoms with van der Waals surface area (Å²) in [6.07, 6.45) is 13.8. The van der Waals surface area contributed by atoms with Gasteiger partial charge in [0.15, 0.2) is 29.0 Å². The number of rotatable bonds is 10. The lowest BCUT2D eigenvalue weighted by atomic mass is 9.55. The zero-order valence-corrected chi connectivity index (χ0v) is 46.2. The predicted molar refractivity (Wildman–Crippen MR) is 302 cm³/mol. The number of nitrogens with zero attached hydrogens (tertiary/aromatic N) is 5. The van der Waals surface area contributed by atoms with E-state index >= 15 is 4.79 Å². The molecule has 9 nitrogen and oxygen atoms in total. The van der Waals surface area contributed by atoms with E-state index in [-0.39, 0.29) is 33.6 Å². The highest BCUT2D eigenvalue weighted by atomic mass is 32.1. The fourth-order valence-electron chi connectivity index (χ4n) is 15.9. The second-order valence-corrected chi connectivity index (χ2v) is 26.0. The molecule has 2 saturated carbocycles. The Morgan fingerprint density at radius 3 is 1.40 bits per heavy atom. The number of thiazole rings is 3. The van der Waals surface area contributed by atoms with Gasteiger partial charge < -0.3 is 5.32 Å². The van der Waals surface area contributed by atoms with Gasteiger partial charge in [-0.15, -0.1) is 34.0 Å². The number of carbonyl (C=O) groups is 3. The molecule has 0 saturated heterocycles. The molecule has 3 atom stereocenters. The van der Waals surface area contributed by atoms with Gasteiger partial charge in [-0.3, -0.25) is 24.2 Å². The van der Waals surface area contributed by atoms with Gasteiger partial charge >= 0.3 is 0 Å². The fraction of sp³-hybridized carbons (Fsp3) is 0.429. The molecule has 2 fully saturated rings. The average molecular weight is 1050 g/mol. The van der Waals surface area contributed by atoms with E-state index in [1.165, 1.54) is 0 Å². The van der Waals surface area contributed by atoms with Crippen molar-refractivity contribution >= 4 is 80.2 Å². The van der Waals surface area contributed by atoms with Crippen LogP contribution in [0.2, 0.25) is 0 Å². The van der Waals surface area contributed by atoms with Crippen molar-refractivity contribution < 1.29 is 14.4 Å². The molecule has 3 aromatic carbocycles. The summed E-state index contributed by atoms with van der Waals surface area (Å²) in [5.74, 6) is 3.45. The molecular formula is C63H64N6O3S3. The normalized spacial score (nSPS) is 26.6. The minimum absolute atomic E-state index is 0.00780. The lowest BCUT2D eigenvalue weighted by Crippen LogP contribution is -2.48. The maximum absolute atomic E-state index is 15.3. The molecule has 6 aromatic rings. The summed E-state index contributed by atoms with van der Waals surface area (Å²) in [4.78, 5) is 68.2. The molecule has 0 bridgehead atoms. The standard InChI is InChI=1S/C63H64N6O3S3/c1-6-58(7-2)29-43-49(46(70)32-58)61(8-3,52-55(67-43)64-35-73-52)39-17-21-41(22-18-39)69-45-31-60(27-28-60)34-48(72)51(45)63(10-5,54-57(69)66-37-75-54)40-19-23-42(24-20-40)68-44-30-59(25-14-26-59)33-47(71)50(44)62(9-4,38-15-12-11-13-16-38)53-56(68)65-36-74-53/h11-13,15-24,35-37,67H,6-10,14,25-34H2,1-5H3. The number of carbonyl (C=O) groups excluding carboxylic acids is 3. The van der Waals surface area contributed by atoms with Gasteiger partial charge in [0.1, 0.15) is 5.82 Å². The van der Waals surface area contributed by atoms with Crippen molar-refractivity contribution in [3.63, 3.8) is 0 Å². The van der Waals surface area contributed by atoms with Crippen LogP contribution in [0.5, 0.6) is 0 Å². The van der Waals surface area contributed by atoms with Crippen molar-refractivity contribution in [2.24, 2.45) is 16.2 Å². The van der Waals surface area contributed by atoms with Crippen LogP contribution in [0.15, 0.2) is 129 Å².